The number of ether oxygens (including phenoxy) is 1. The van der Waals surface area contributed by atoms with Crippen molar-refractivity contribution in [2.45, 2.75) is 6.61 Å². The molecule has 2 heterocycles. The van der Waals surface area contributed by atoms with Crippen LogP contribution in [0.3, 0.4) is 0 Å². The fraction of sp³-hybridized carbons (Fsp3) is 0.111. The first-order valence-electron chi connectivity index (χ1n) is 5.22. The van der Waals surface area contributed by atoms with Crippen LogP contribution in [0.4, 0.5) is 10.6 Å². The van der Waals surface area contributed by atoms with Crippen LogP contribution in [-0.4, -0.2) is 22.2 Å². The van der Waals surface area contributed by atoms with Gasteiger partial charge in [0, 0.05) is 24.7 Å². The lowest BCUT2D eigenvalue weighted by Crippen LogP contribution is -2.39. The molecule has 2 rings (SSSR count). The van der Waals surface area contributed by atoms with E-state index in [1.165, 1.54) is 18.5 Å². The Kier molecular flexibility index (Phi) is 3.85. The first kappa shape index (κ1) is 12.7. The van der Waals surface area contributed by atoms with Gasteiger partial charge in [-0.2, -0.15) is 5.01 Å². The molecule has 10 heteroatoms. The SMILES string of the molecule is N=CC=C(N)OCc1nccnc1N1NNNC1=O. The standard InChI is InChI=1S/C9H12N8O2/c10-2-1-7(11)19-5-6-8(13-4-3-12-6)17-9(18)14-15-16-17/h1-4,10,15-16H,5,11H2,(H,14,18). The Morgan fingerprint density at radius 3 is 3.00 bits per heavy atom. The number of anilines is 1. The van der Waals surface area contributed by atoms with E-state index in [4.69, 9.17) is 15.9 Å². The monoisotopic (exact) mass is 264 g/mol. The van der Waals surface area contributed by atoms with Crippen molar-refractivity contribution in [3.63, 3.8) is 0 Å². The van der Waals surface area contributed by atoms with Crippen molar-refractivity contribution in [2.75, 3.05) is 5.01 Å². The number of rotatable bonds is 5. The van der Waals surface area contributed by atoms with E-state index in [1.54, 1.807) is 0 Å². The number of hydrogen-bond acceptors (Lipinski definition) is 8. The number of nitrogens with one attached hydrogen (secondary N) is 4. The van der Waals surface area contributed by atoms with Gasteiger partial charge in [-0.15, -0.1) is 11.1 Å². The smallest absolute Gasteiger partial charge is 0.354 e. The highest BCUT2D eigenvalue weighted by atomic mass is 16.5. The first-order valence-corrected chi connectivity index (χ1v) is 5.22. The topological polar surface area (TPSA) is 141 Å². The van der Waals surface area contributed by atoms with E-state index in [0.717, 1.165) is 11.2 Å². The summed E-state index contributed by atoms with van der Waals surface area (Å²) in [4.78, 5) is 19.6. The molecule has 1 aromatic rings. The lowest BCUT2D eigenvalue weighted by molar-refractivity contribution is 0.193. The fourth-order valence-electron chi connectivity index (χ4n) is 1.32. The molecule has 1 fully saturated rings. The predicted molar refractivity (Wildman–Crippen MR) is 65.2 cm³/mol. The van der Waals surface area contributed by atoms with Gasteiger partial charge in [0.2, 0.25) is 0 Å². The molecular formula is C9H12N8O2. The number of urea groups is 1. The fourth-order valence-corrected chi connectivity index (χ4v) is 1.32. The Morgan fingerprint density at radius 1 is 1.53 bits per heavy atom. The van der Waals surface area contributed by atoms with Gasteiger partial charge in [-0.05, 0) is 0 Å². The highest BCUT2D eigenvalue weighted by Crippen LogP contribution is 2.15. The number of amides is 2. The minimum Gasteiger partial charge on any atom is -0.473 e. The zero-order valence-electron chi connectivity index (χ0n) is 9.75. The Hall–Kier alpha value is -2.72. The van der Waals surface area contributed by atoms with E-state index in [-0.39, 0.29) is 18.3 Å². The quantitative estimate of drug-likeness (QED) is 0.335. The van der Waals surface area contributed by atoms with E-state index in [0.29, 0.717) is 5.69 Å². The van der Waals surface area contributed by atoms with Gasteiger partial charge in [-0.25, -0.2) is 9.78 Å². The molecule has 0 radical (unpaired) electrons. The summed E-state index contributed by atoms with van der Waals surface area (Å²) in [6, 6.07) is -0.426. The predicted octanol–water partition coefficient (Wildman–Crippen LogP) is -1.10. The number of hydrazine groups is 3. The summed E-state index contributed by atoms with van der Waals surface area (Å²) < 4.78 is 5.18. The number of nitrogens with two attached hydrogens (primary N) is 1. The molecule has 0 unspecified atom stereocenters. The average molecular weight is 264 g/mol. The Morgan fingerprint density at radius 2 is 2.32 bits per heavy atom. The third kappa shape index (κ3) is 2.94. The lowest BCUT2D eigenvalue weighted by Gasteiger charge is -2.15. The van der Waals surface area contributed by atoms with Crippen LogP contribution in [-0.2, 0) is 11.3 Å². The van der Waals surface area contributed by atoms with Crippen LogP contribution >= 0.6 is 0 Å². The van der Waals surface area contributed by atoms with E-state index < -0.39 is 6.03 Å². The number of carbonyl (C=O) groups is 1. The third-order valence-corrected chi connectivity index (χ3v) is 2.13. The minimum absolute atomic E-state index is 0.0187. The second-order valence-corrected chi connectivity index (χ2v) is 3.35. The molecule has 0 spiro atoms. The van der Waals surface area contributed by atoms with Gasteiger partial charge in [0.1, 0.15) is 12.3 Å². The molecule has 1 aliphatic rings. The molecule has 2 amide bonds. The van der Waals surface area contributed by atoms with Crippen molar-refractivity contribution in [1.82, 2.24) is 26.5 Å². The zero-order valence-corrected chi connectivity index (χ0v) is 9.75. The van der Waals surface area contributed by atoms with Crippen LogP contribution in [0, 0.1) is 5.41 Å². The van der Waals surface area contributed by atoms with E-state index >= 15 is 0 Å². The maximum absolute atomic E-state index is 11.5. The van der Waals surface area contributed by atoms with Crippen molar-refractivity contribution in [1.29, 1.82) is 5.41 Å². The number of carbonyl (C=O) groups excluding carboxylic acids is 1. The highest BCUT2D eigenvalue weighted by Gasteiger charge is 2.25. The van der Waals surface area contributed by atoms with Crippen molar-refractivity contribution in [3.8, 4) is 0 Å². The van der Waals surface area contributed by atoms with Gasteiger partial charge in [-0.1, -0.05) is 0 Å². The molecule has 19 heavy (non-hydrogen) atoms. The molecule has 0 bridgehead atoms. The summed E-state index contributed by atoms with van der Waals surface area (Å²) in [5.74, 6) is 0.358. The summed E-state index contributed by atoms with van der Waals surface area (Å²) in [5.41, 5.74) is 13.2. The molecule has 0 saturated carbocycles. The van der Waals surface area contributed by atoms with Crippen molar-refractivity contribution < 1.29 is 9.53 Å². The largest absolute Gasteiger partial charge is 0.473 e. The number of allylic oxidation sites excluding steroid dienone is 1. The summed E-state index contributed by atoms with van der Waals surface area (Å²) in [5, 5.41) is 7.99. The summed E-state index contributed by atoms with van der Waals surface area (Å²) in [6.45, 7) is 0.0187. The number of aromatic nitrogens is 2. The lowest BCUT2D eigenvalue weighted by atomic mass is 10.4. The van der Waals surface area contributed by atoms with Gasteiger partial charge in [-0.3, -0.25) is 10.4 Å². The van der Waals surface area contributed by atoms with Crippen LogP contribution in [0.25, 0.3) is 0 Å². The number of nitrogens with zero attached hydrogens (tertiary/aromatic N) is 3. The third-order valence-electron chi connectivity index (χ3n) is 2.13. The van der Waals surface area contributed by atoms with Gasteiger partial charge >= 0.3 is 6.03 Å². The van der Waals surface area contributed by atoms with Crippen LogP contribution < -0.4 is 27.2 Å². The van der Waals surface area contributed by atoms with Gasteiger partial charge < -0.3 is 15.9 Å². The molecule has 0 aromatic carbocycles. The molecule has 1 aliphatic heterocycles. The van der Waals surface area contributed by atoms with E-state index in [9.17, 15) is 4.79 Å². The van der Waals surface area contributed by atoms with Crippen molar-refractivity contribution >= 4 is 18.1 Å². The van der Waals surface area contributed by atoms with Crippen LogP contribution in [0.5, 0.6) is 0 Å². The molecule has 100 valence electrons. The van der Waals surface area contributed by atoms with Gasteiger partial charge in [0.25, 0.3) is 0 Å². The Bertz CT molecular complexity index is 517. The minimum atomic E-state index is -0.426. The molecule has 1 saturated heterocycles. The summed E-state index contributed by atoms with van der Waals surface area (Å²) in [7, 11) is 0. The molecular weight excluding hydrogens is 252 g/mol. The number of hydrogen-bond donors (Lipinski definition) is 5. The Labute approximate surface area is 108 Å². The average Bonchev–Trinajstić information content (AvgIpc) is 2.83. The van der Waals surface area contributed by atoms with E-state index in [1.807, 2.05) is 0 Å². The molecule has 0 aliphatic carbocycles. The van der Waals surface area contributed by atoms with E-state index in [2.05, 4.69) is 26.5 Å². The van der Waals surface area contributed by atoms with Gasteiger partial charge in [0.15, 0.2) is 11.7 Å². The molecule has 1 aromatic heterocycles. The van der Waals surface area contributed by atoms with Crippen molar-refractivity contribution in [2.24, 2.45) is 5.73 Å². The summed E-state index contributed by atoms with van der Waals surface area (Å²) >= 11 is 0. The second-order valence-electron chi connectivity index (χ2n) is 3.35. The second kappa shape index (κ2) is 5.75. The molecule has 0 atom stereocenters. The molecule has 10 nitrogen and oxygen atoms in total. The van der Waals surface area contributed by atoms with Crippen LogP contribution in [0.2, 0.25) is 0 Å². The summed E-state index contributed by atoms with van der Waals surface area (Å²) in [6.07, 6.45) is 5.22. The maximum Gasteiger partial charge on any atom is 0.354 e. The van der Waals surface area contributed by atoms with Crippen LogP contribution in [0.15, 0.2) is 24.4 Å². The zero-order chi connectivity index (χ0) is 13.7. The molecule has 6 N–H and O–H groups in total. The van der Waals surface area contributed by atoms with Crippen LogP contribution in [0.1, 0.15) is 5.69 Å². The normalized spacial score (nSPS) is 15.3. The van der Waals surface area contributed by atoms with Gasteiger partial charge in [0.05, 0.1) is 0 Å². The first-order chi connectivity index (χ1) is 9.22. The van der Waals surface area contributed by atoms with Crippen molar-refractivity contribution in [3.05, 3.63) is 30.0 Å². The highest BCUT2D eigenvalue weighted by molar-refractivity contribution is 5.91. The Balaban J connectivity index is 2.14. The maximum atomic E-state index is 11.5.